The molecule has 3 rings (SSSR count). The molecule has 1 amide bonds. The van der Waals surface area contributed by atoms with Gasteiger partial charge in [-0.05, 0) is 37.5 Å². The molecule has 7 nitrogen and oxygen atoms in total. The Morgan fingerprint density at radius 2 is 1.87 bits per heavy atom. The Labute approximate surface area is 178 Å². The monoisotopic (exact) mass is 432 g/mol. The normalized spacial score (nSPS) is 17.4. The smallest absolute Gasteiger partial charge is 0.246 e. The van der Waals surface area contributed by atoms with Crippen LogP contribution in [0.5, 0.6) is 11.5 Å². The summed E-state index contributed by atoms with van der Waals surface area (Å²) >= 11 is 0. The summed E-state index contributed by atoms with van der Waals surface area (Å²) in [5, 5.41) is 2.94. The lowest BCUT2D eigenvalue weighted by Gasteiger charge is -2.31. The first-order valence-electron chi connectivity index (χ1n) is 9.90. The third-order valence-corrected chi connectivity index (χ3v) is 7.22. The van der Waals surface area contributed by atoms with E-state index in [2.05, 4.69) is 5.32 Å². The van der Waals surface area contributed by atoms with Crippen molar-refractivity contribution < 1.29 is 22.7 Å². The molecule has 1 heterocycles. The molecule has 1 N–H and O–H groups in total. The van der Waals surface area contributed by atoms with E-state index in [1.165, 1.54) is 24.6 Å². The molecule has 0 aromatic heterocycles. The fraction of sp³-hybridized carbons (Fsp3) is 0.409. The molecule has 0 saturated carbocycles. The van der Waals surface area contributed by atoms with Crippen LogP contribution in [0.15, 0.2) is 47.4 Å². The highest BCUT2D eigenvalue weighted by atomic mass is 32.2. The molecule has 0 spiro atoms. The maximum absolute atomic E-state index is 13.3. The van der Waals surface area contributed by atoms with E-state index in [-0.39, 0.29) is 23.1 Å². The minimum atomic E-state index is -3.83. The molecular formula is C22H28N2O5S. The third kappa shape index (κ3) is 4.94. The summed E-state index contributed by atoms with van der Waals surface area (Å²) in [6, 6.07) is 12.6. The van der Waals surface area contributed by atoms with Crippen LogP contribution in [0.25, 0.3) is 0 Å². The fourth-order valence-corrected chi connectivity index (χ4v) is 5.23. The van der Waals surface area contributed by atoms with Gasteiger partial charge in [0.05, 0.1) is 20.1 Å². The summed E-state index contributed by atoms with van der Waals surface area (Å²) in [7, 11) is -0.919. The fourth-order valence-electron chi connectivity index (χ4n) is 3.54. The van der Waals surface area contributed by atoms with E-state index < -0.39 is 15.9 Å². The number of piperidine rings is 1. The molecule has 1 atom stereocenters. The van der Waals surface area contributed by atoms with Crippen LogP contribution in [0.2, 0.25) is 0 Å². The molecule has 0 unspecified atom stereocenters. The Morgan fingerprint density at radius 1 is 1.13 bits per heavy atom. The van der Waals surface area contributed by atoms with E-state index in [4.69, 9.17) is 9.47 Å². The Bertz CT molecular complexity index is 989. The van der Waals surface area contributed by atoms with Crippen LogP contribution < -0.4 is 14.8 Å². The van der Waals surface area contributed by atoms with Crippen LogP contribution >= 0.6 is 0 Å². The average Bonchev–Trinajstić information content (AvgIpc) is 2.78. The second-order valence-corrected chi connectivity index (χ2v) is 9.33. The molecule has 2 aromatic carbocycles. The standard InChI is InChI=1S/C22H28N2O5S/c1-16-6-8-17(9-7-16)14-23-22(25)18-5-4-12-24(15-18)30(26,27)21-13-19(28-2)10-11-20(21)29-3/h6-11,13,18H,4-5,12,14-15H2,1-3H3,(H,23,25)/t18-/m1/s1. The summed E-state index contributed by atoms with van der Waals surface area (Å²) in [4.78, 5) is 12.7. The summed E-state index contributed by atoms with van der Waals surface area (Å²) in [5.41, 5.74) is 2.17. The van der Waals surface area contributed by atoms with Crippen LogP contribution in [-0.2, 0) is 21.4 Å². The van der Waals surface area contributed by atoms with E-state index in [1.807, 2.05) is 31.2 Å². The molecule has 1 fully saturated rings. The first kappa shape index (κ1) is 22.1. The maximum atomic E-state index is 13.3. The number of nitrogens with one attached hydrogen (secondary N) is 1. The number of ether oxygens (including phenoxy) is 2. The lowest BCUT2D eigenvalue weighted by molar-refractivity contribution is -0.126. The number of carbonyl (C=O) groups is 1. The Hall–Kier alpha value is -2.58. The Balaban J connectivity index is 1.71. The number of amides is 1. The number of nitrogens with zero attached hydrogens (tertiary/aromatic N) is 1. The lowest BCUT2D eigenvalue weighted by Crippen LogP contribution is -2.45. The van der Waals surface area contributed by atoms with Gasteiger partial charge in [-0.2, -0.15) is 4.31 Å². The number of aryl methyl sites for hydroxylation is 1. The largest absolute Gasteiger partial charge is 0.497 e. The van der Waals surface area contributed by atoms with Crippen molar-refractivity contribution in [2.75, 3.05) is 27.3 Å². The Kier molecular flexibility index (Phi) is 6.99. The maximum Gasteiger partial charge on any atom is 0.246 e. The molecule has 162 valence electrons. The zero-order valence-corrected chi connectivity index (χ0v) is 18.4. The van der Waals surface area contributed by atoms with Crippen molar-refractivity contribution in [1.29, 1.82) is 0 Å². The van der Waals surface area contributed by atoms with Crippen LogP contribution in [-0.4, -0.2) is 45.9 Å². The van der Waals surface area contributed by atoms with Crippen molar-refractivity contribution in [2.45, 2.75) is 31.2 Å². The zero-order chi connectivity index (χ0) is 21.7. The van der Waals surface area contributed by atoms with E-state index in [0.29, 0.717) is 31.7 Å². The van der Waals surface area contributed by atoms with E-state index in [1.54, 1.807) is 12.1 Å². The van der Waals surface area contributed by atoms with E-state index in [9.17, 15) is 13.2 Å². The highest BCUT2D eigenvalue weighted by Gasteiger charge is 2.35. The summed E-state index contributed by atoms with van der Waals surface area (Å²) in [6.45, 7) is 2.94. The summed E-state index contributed by atoms with van der Waals surface area (Å²) < 4.78 is 38.3. The number of rotatable bonds is 7. The summed E-state index contributed by atoms with van der Waals surface area (Å²) in [6.07, 6.45) is 1.27. The van der Waals surface area contributed by atoms with Gasteiger partial charge in [0, 0.05) is 25.7 Å². The van der Waals surface area contributed by atoms with Gasteiger partial charge in [0.25, 0.3) is 0 Å². The molecule has 0 bridgehead atoms. The molecule has 1 aliphatic heterocycles. The molecule has 1 aliphatic rings. The van der Waals surface area contributed by atoms with Gasteiger partial charge in [-0.1, -0.05) is 29.8 Å². The van der Waals surface area contributed by atoms with Gasteiger partial charge in [0.2, 0.25) is 15.9 Å². The van der Waals surface area contributed by atoms with Gasteiger partial charge in [-0.15, -0.1) is 0 Å². The van der Waals surface area contributed by atoms with Crippen LogP contribution in [0, 0.1) is 12.8 Å². The number of hydrogen-bond acceptors (Lipinski definition) is 5. The molecule has 0 radical (unpaired) electrons. The molecule has 2 aromatic rings. The number of hydrogen-bond donors (Lipinski definition) is 1. The van der Waals surface area contributed by atoms with Crippen LogP contribution in [0.3, 0.4) is 0 Å². The predicted molar refractivity (Wildman–Crippen MR) is 114 cm³/mol. The van der Waals surface area contributed by atoms with Gasteiger partial charge >= 0.3 is 0 Å². The second-order valence-electron chi connectivity index (χ2n) is 7.42. The minimum absolute atomic E-state index is 0.0464. The number of methoxy groups -OCH3 is 2. The molecule has 1 saturated heterocycles. The first-order chi connectivity index (χ1) is 14.3. The van der Waals surface area contributed by atoms with Crippen molar-refractivity contribution in [3.8, 4) is 11.5 Å². The predicted octanol–water partition coefficient (Wildman–Crippen LogP) is 2.73. The Morgan fingerprint density at radius 3 is 2.53 bits per heavy atom. The quantitative estimate of drug-likeness (QED) is 0.727. The zero-order valence-electron chi connectivity index (χ0n) is 17.6. The molecule has 30 heavy (non-hydrogen) atoms. The average molecular weight is 433 g/mol. The van der Waals surface area contributed by atoms with Crippen molar-refractivity contribution >= 4 is 15.9 Å². The topological polar surface area (TPSA) is 84.9 Å². The van der Waals surface area contributed by atoms with Crippen LogP contribution in [0.4, 0.5) is 0 Å². The van der Waals surface area contributed by atoms with Crippen molar-refractivity contribution in [3.05, 3.63) is 53.6 Å². The highest BCUT2D eigenvalue weighted by molar-refractivity contribution is 7.89. The second kappa shape index (κ2) is 9.49. The van der Waals surface area contributed by atoms with Crippen LogP contribution in [0.1, 0.15) is 24.0 Å². The van der Waals surface area contributed by atoms with Gasteiger partial charge in [-0.3, -0.25) is 4.79 Å². The van der Waals surface area contributed by atoms with Crippen molar-refractivity contribution in [3.63, 3.8) is 0 Å². The number of sulfonamides is 1. The highest BCUT2D eigenvalue weighted by Crippen LogP contribution is 2.32. The minimum Gasteiger partial charge on any atom is -0.497 e. The van der Waals surface area contributed by atoms with Gasteiger partial charge < -0.3 is 14.8 Å². The van der Waals surface area contributed by atoms with Gasteiger partial charge in [0.15, 0.2) is 0 Å². The number of benzene rings is 2. The number of carbonyl (C=O) groups excluding carboxylic acids is 1. The summed E-state index contributed by atoms with van der Waals surface area (Å²) in [5.74, 6) is 0.157. The molecular weight excluding hydrogens is 404 g/mol. The SMILES string of the molecule is COc1ccc(OC)c(S(=O)(=O)N2CCC[C@@H](C(=O)NCc3ccc(C)cc3)C2)c1. The molecule has 0 aliphatic carbocycles. The van der Waals surface area contributed by atoms with Gasteiger partial charge in [-0.25, -0.2) is 8.42 Å². The molecule has 8 heteroatoms. The van der Waals surface area contributed by atoms with Crippen molar-refractivity contribution in [2.24, 2.45) is 5.92 Å². The van der Waals surface area contributed by atoms with Crippen molar-refractivity contribution in [1.82, 2.24) is 9.62 Å². The van der Waals surface area contributed by atoms with Gasteiger partial charge in [0.1, 0.15) is 16.4 Å². The first-order valence-corrected chi connectivity index (χ1v) is 11.3. The third-order valence-electron chi connectivity index (χ3n) is 5.33. The lowest BCUT2D eigenvalue weighted by atomic mass is 9.98. The van der Waals surface area contributed by atoms with E-state index in [0.717, 1.165) is 11.1 Å². The van der Waals surface area contributed by atoms with E-state index >= 15 is 0 Å².